The first-order valence-corrected chi connectivity index (χ1v) is 12.4. The van der Waals surface area contributed by atoms with Crippen LogP contribution >= 0.6 is 0 Å². The van der Waals surface area contributed by atoms with Crippen LogP contribution < -0.4 is 9.80 Å². The van der Waals surface area contributed by atoms with Crippen molar-refractivity contribution in [1.82, 2.24) is 15.0 Å². The van der Waals surface area contributed by atoms with E-state index in [4.69, 9.17) is 9.97 Å². The number of nitrogens with zero attached hydrogens (tertiary/aromatic N) is 5. The molecule has 4 heterocycles. The molecule has 5 nitrogen and oxygen atoms in total. The number of aromatic nitrogens is 3. The first kappa shape index (κ1) is 22.8. The van der Waals surface area contributed by atoms with E-state index >= 15 is 4.39 Å². The van der Waals surface area contributed by atoms with Gasteiger partial charge in [0.1, 0.15) is 17.5 Å². The normalized spacial score (nSPS) is 23.4. The Labute approximate surface area is 202 Å². The monoisotopic (exact) mass is 459 g/mol. The summed E-state index contributed by atoms with van der Waals surface area (Å²) in [7, 11) is 2.03. The summed E-state index contributed by atoms with van der Waals surface area (Å²) in [5, 5.41) is 0. The van der Waals surface area contributed by atoms with Gasteiger partial charge in [0.2, 0.25) is 0 Å². The van der Waals surface area contributed by atoms with Crippen molar-refractivity contribution in [2.45, 2.75) is 71.6 Å². The summed E-state index contributed by atoms with van der Waals surface area (Å²) in [6.45, 7) is 12.7. The van der Waals surface area contributed by atoms with Crippen LogP contribution in [0.4, 0.5) is 21.6 Å². The molecule has 3 unspecified atom stereocenters. The van der Waals surface area contributed by atoms with Gasteiger partial charge in [0.15, 0.2) is 11.6 Å². The number of para-hydroxylation sites is 1. The van der Waals surface area contributed by atoms with Gasteiger partial charge < -0.3 is 9.80 Å². The second-order valence-corrected chi connectivity index (χ2v) is 10.3. The summed E-state index contributed by atoms with van der Waals surface area (Å²) in [4.78, 5) is 18.9. The molecule has 0 spiro atoms. The van der Waals surface area contributed by atoms with Crippen molar-refractivity contribution < 1.29 is 4.39 Å². The summed E-state index contributed by atoms with van der Waals surface area (Å²) in [6.07, 6.45) is 6.07. The molecule has 178 valence electrons. The average Bonchev–Trinajstić information content (AvgIpc) is 3.13. The number of hydrogen-bond donors (Lipinski definition) is 0. The Kier molecular flexibility index (Phi) is 5.38. The first-order chi connectivity index (χ1) is 16.2. The zero-order valence-corrected chi connectivity index (χ0v) is 21.2. The van der Waals surface area contributed by atoms with E-state index in [0.717, 1.165) is 39.4 Å². The van der Waals surface area contributed by atoms with E-state index in [-0.39, 0.29) is 12.1 Å². The van der Waals surface area contributed by atoms with E-state index in [1.165, 1.54) is 0 Å². The van der Waals surface area contributed by atoms with Crippen LogP contribution in [-0.4, -0.2) is 28.2 Å². The van der Waals surface area contributed by atoms with Crippen LogP contribution in [0.1, 0.15) is 76.5 Å². The maximum atomic E-state index is 16.5. The third-order valence-corrected chi connectivity index (χ3v) is 7.77. The van der Waals surface area contributed by atoms with Crippen LogP contribution in [0.25, 0.3) is 11.4 Å². The molecule has 0 amide bonds. The standard InChI is InChI=1S/C28H34FN5/c1-8-28(29)18(6)27-33(7)26-23(34(27)22-12-10-9-11-21(22)28)15-31-25(32-26)24-19(16(2)3)13-30-14-20(24)17(4)5/h9-18,27H,8H2,1-7H3. The minimum atomic E-state index is -1.40. The molecule has 0 saturated carbocycles. The Morgan fingerprint density at radius 3 is 2.26 bits per heavy atom. The molecule has 2 aliphatic heterocycles. The van der Waals surface area contributed by atoms with Gasteiger partial charge in [-0.2, -0.15) is 0 Å². The molecule has 1 aromatic carbocycles. The minimum absolute atomic E-state index is 0.161. The Morgan fingerprint density at radius 1 is 1.00 bits per heavy atom. The zero-order valence-electron chi connectivity index (χ0n) is 21.2. The van der Waals surface area contributed by atoms with Crippen LogP contribution in [0.15, 0.2) is 42.9 Å². The van der Waals surface area contributed by atoms with Gasteiger partial charge in [-0.3, -0.25) is 4.98 Å². The molecule has 2 aromatic heterocycles. The molecule has 0 bridgehead atoms. The zero-order chi connectivity index (χ0) is 24.4. The fourth-order valence-electron chi connectivity index (χ4n) is 5.85. The largest absolute Gasteiger partial charge is 0.337 e. The molecule has 0 aliphatic carbocycles. The van der Waals surface area contributed by atoms with Crippen LogP contribution in [0, 0.1) is 5.92 Å². The maximum absolute atomic E-state index is 16.5. The van der Waals surface area contributed by atoms with Gasteiger partial charge in [0.25, 0.3) is 0 Å². The topological polar surface area (TPSA) is 45.2 Å². The highest BCUT2D eigenvalue weighted by Crippen LogP contribution is 2.56. The van der Waals surface area contributed by atoms with Gasteiger partial charge in [-0.25, -0.2) is 14.4 Å². The lowest BCUT2D eigenvalue weighted by atomic mass is 9.76. The van der Waals surface area contributed by atoms with E-state index in [2.05, 4.69) is 42.5 Å². The number of pyridine rings is 1. The molecule has 0 N–H and O–H groups in total. The SMILES string of the molecule is CCC1(F)c2ccccc2N2c3cnc(-c4c(C(C)C)cncc4C(C)C)nc3N(C)C2C1C. The predicted molar refractivity (Wildman–Crippen MR) is 136 cm³/mol. The van der Waals surface area contributed by atoms with E-state index in [9.17, 15) is 0 Å². The van der Waals surface area contributed by atoms with E-state index in [0.29, 0.717) is 24.1 Å². The molecule has 0 saturated heterocycles. The molecular weight excluding hydrogens is 425 g/mol. The minimum Gasteiger partial charge on any atom is -0.337 e. The number of fused-ring (bicyclic) bond motifs is 5. The second kappa shape index (κ2) is 8.03. The molecule has 2 aliphatic rings. The second-order valence-electron chi connectivity index (χ2n) is 10.3. The molecule has 3 atom stereocenters. The highest BCUT2D eigenvalue weighted by atomic mass is 19.1. The lowest BCUT2D eigenvalue weighted by Crippen LogP contribution is -2.54. The lowest BCUT2D eigenvalue weighted by molar-refractivity contribution is 0.0610. The molecular formula is C28H34FN5. The number of benzene rings is 1. The van der Waals surface area contributed by atoms with Crippen LogP contribution in [-0.2, 0) is 5.67 Å². The van der Waals surface area contributed by atoms with Crippen LogP contribution in [0.2, 0.25) is 0 Å². The summed E-state index contributed by atoms with van der Waals surface area (Å²) in [5.41, 5.74) is 4.57. The number of anilines is 3. The summed E-state index contributed by atoms with van der Waals surface area (Å²) >= 11 is 0. The fourth-order valence-corrected chi connectivity index (χ4v) is 5.85. The van der Waals surface area contributed by atoms with E-state index in [1.54, 1.807) is 0 Å². The molecule has 3 aromatic rings. The van der Waals surface area contributed by atoms with Gasteiger partial charge in [0, 0.05) is 42.2 Å². The first-order valence-electron chi connectivity index (χ1n) is 12.4. The van der Waals surface area contributed by atoms with E-state index in [1.807, 2.05) is 63.8 Å². The Bertz CT molecular complexity index is 1210. The number of halogens is 1. The fraction of sp³-hybridized carbons (Fsp3) is 0.464. The highest BCUT2D eigenvalue weighted by Gasteiger charge is 2.54. The number of alkyl halides is 1. The van der Waals surface area contributed by atoms with Gasteiger partial charge in [-0.05, 0) is 35.4 Å². The quantitative estimate of drug-likeness (QED) is 0.423. The van der Waals surface area contributed by atoms with Gasteiger partial charge >= 0.3 is 0 Å². The Balaban J connectivity index is 1.71. The molecule has 5 rings (SSSR count). The van der Waals surface area contributed by atoms with Crippen molar-refractivity contribution in [2.75, 3.05) is 16.8 Å². The maximum Gasteiger partial charge on any atom is 0.162 e. The van der Waals surface area contributed by atoms with Gasteiger partial charge in [-0.1, -0.05) is 59.7 Å². The smallest absolute Gasteiger partial charge is 0.162 e. The van der Waals surface area contributed by atoms with Crippen molar-refractivity contribution in [3.63, 3.8) is 0 Å². The van der Waals surface area contributed by atoms with Crippen molar-refractivity contribution >= 4 is 17.2 Å². The van der Waals surface area contributed by atoms with Gasteiger partial charge in [0.05, 0.1) is 6.20 Å². The van der Waals surface area contributed by atoms with Crippen LogP contribution in [0.5, 0.6) is 0 Å². The summed E-state index contributed by atoms with van der Waals surface area (Å²) < 4.78 is 16.5. The van der Waals surface area contributed by atoms with Gasteiger partial charge in [-0.15, -0.1) is 0 Å². The summed E-state index contributed by atoms with van der Waals surface area (Å²) in [5.74, 6) is 1.91. The van der Waals surface area contributed by atoms with Crippen molar-refractivity contribution in [2.24, 2.45) is 5.92 Å². The Hall–Kier alpha value is -3.02. The third-order valence-electron chi connectivity index (χ3n) is 7.77. The lowest BCUT2D eigenvalue weighted by Gasteiger charge is -2.47. The van der Waals surface area contributed by atoms with Crippen molar-refractivity contribution in [3.05, 3.63) is 59.5 Å². The molecule has 6 heteroatoms. The predicted octanol–water partition coefficient (Wildman–Crippen LogP) is 6.92. The third kappa shape index (κ3) is 3.07. The number of hydrogen-bond acceptors (Lipinski definition) is 5. The highest BCUT2D eigenvalue weighted by molar-refractivity contribution is 5.85. The van der Waals surface area contributed by atoms with E-state index < -0.39 is 5.67 Å². The Morgan fingerprint density at radius 2 is 1.65 bits per heavy atom. The molecule has 0 radical (unpaired) electrons. The van der Waals surface area contributed by atoms with Crippen molar-refractivity contribution in [3.8, 4) is 11.4 Å². The van der Waals surface area contributed by atoms with Crippen molar-refractivity contribution in [1.29, 1.82) is 0 Å². The average molecular weight is 460 g/mol. The summed E-state index contributed by atoms with van der Waals surface area (Å²) in [6, 6.07) is 7.86. The molecule has 34 heavy (non-hydrogen) atoms. The number of rotatable bonds is 4. The molecule has 0 fully saturated rings. The van der Waals surface area contributed by atoms with Crippen LogP contribution in [0.3, 0.4) is 0 Å².